The third-order valence-electron chi connectivity index (χ3n) is 4.82. The molecule has 1 saturated carbocycles. The van der Waals surface area contributed by atoms with Crippen LogP contribution in [0.2, 0.25) is 0 Å². The fourth-order valence-electron chi connectivity index (χ4n) is 3.79. The first-order valence-corrected chi connectivity index (χ1v) is 7.76. The fraction of sp³-hybridized carbons (Fsp3) is 0.867. The second-order valence-electron chi connectivity index (χ2n) is 6.12. The monoisotopic (exact) mass is 290 g/mol. The lowest BCUT2D eigenvalue weighted by Gasteiger charge is -2.39. The Bertz CT molecular complexity index is 339. The van der Waals surface area contributed by atoms with Gasteiger partial charge in [-0.3, -0.25) is 11.3 Å². The van der Waals surface area contributed by atoms with E-state index in [9.17, 15) is 13.2 Å². The van der Waals surface area contributed by atoms with E-state index in [2.05, 4.69) is 11.5 Å². The third kappa shape index (κ3) is 3.76. The maximum atomic E-state index is 13.2. The molecule has 0 aromatic carbocycles. The summed E-state index contributed by atoms with van der Waals surface area (Å²) in [5.41, 5.74) is 3.81. The molecule has 1 fully saturated rings. The highest BCUT2D eigenvalue weighted by molar-refractivity contribution is 5.15. The number of rotatable bonds is 3. The molecule has 2 aliphatic carbocycles. The van der Waals surface area contributed by atoms with Crippen molar-refractivity contribution >= 4 is 0 Å². The SMILES string of the molecule is NNC(C1=CCCCCC1)C1CCCCC1C(F)(F)F. The molecular formula is C15H25F3N2. The standard InChI is InChI=1S/C15H25F3N2/c16-15(17,18)13-10-6-5-9-12(13)14(20-19)11-7-3-1-2-4-8-11/h7,12-14,20H,1-6,8-10,19H2. The molecule has 0 aromatic heterocycles. The van der Waals surface area contributed by atoms with Crippen LogP contribution in [0, 0.1) is 11.8 Å². The highest BCUT2D eigenvalue weighted by atomic mass is 19.4. The summed E-state index contributed by atoms with van der Waals surface area (Å²) in [6, 6.07) is -0.306. The first-order valence-electron chi connectivity index (χ1n) is 7.76. The lowest BCUT2D eigenvalue weighted by atomic mass is 9.72. The highest BCUT2D eigenvalue weighted by Crippen LogP contribution is 2.44. The van der Waals surface area contributed by atoms with Gasteiger partial charge in [-0.05, 0) is 44.4 Å². The molecule has 3 N–H and O–H groups in total. The molecule has 0 aromatic rings. The van der Waals surface area contributed by atoms with Crippen LogP contribution >= 0.6 is 0 Å². The van der Waals surface area contributed by atoms with Crippen molar-refractivity contribution < 1.29 is 13.2 Å². The van der Waals surface area contributed by atoms with Gasteiger partial charge in [0.2, 0.25) is 0 Å². The molecule has 20 heavy (non-hydrogen) atoms. The predicted molar refractivity (Wildman–Crippen MR) is 73.8 cm³/mol. The number of allylic oxidation sites excluding steroid dienone is 1. The van der Waals surface area contributed by atoms with Crippen LogP contribution in [0.4, 0.5) is 13.2 Å². The minimum atomic E-state index is -4.11. The average molecular weight is 290 g/mol. The summed E-state index contributed by atoms with van der Waals surface area (Å²) >= 11 is 0. The topological polar surface area (TPSA) is 38.0 Å². The van der Waals surface area contributed by atoms with Gasteiger partial charge in [0.1, 0.15) is 0 Å². The third-order valence-corrected chi connectivity index (χ3v) is 4.82. The number of nitrogens with one attached hydrogen (secondary N) is 1. The molecule has 2 aliphatic rings. The summed E-state index contributed by atoms with van der Waals surface area (Å²) in [7, 11) is 0. The summed E-state index contributed by atoms with van der Waals surface area (Å²) < 4.78 is 39.7. The Kier molecular flexibility index (Phi) is 5.49. The molecule has 0 aliphatic heterocycles. The summed E-state index contributed by atoms with van der Waals surface area (Å²) in [5, 5.41) is 0. The van der Waals surface area contributed by atoms with Crippen LogP contribution < -0.4 is 11.3 Å². The van der Waals surface area contributed by atoms with Gasteiger partial charge in [0.25, 0.3) is 0 Å². The molecule has 3 unspecified atom stereocenters. The molecule has 0 saturated heterocycles. The van der Waals surface area contributed by atoms with E-state index in [0.29, 0.717) is 12.8 Å². The van der Waals surface area contributed by atoms with Crippen molar-refractivity contribution in [3.8, 4) is 0 Å². The van der Waals surface area contributed by atoms with Crippen LogP contribution in [0.25, 0.3) is 0 Å². The lowest BCUT2D eigenvalue weighted by molar-refractivity contribution is -0.198. The van der Waals surface area contributed by atoms with Gasteiger partial charge < -0.3 is 0 Å². The highest BCUT2D eigenvalue weighted by Gasteiger charge is 2.48. The minimum absolute atomic E-state index is 0.250. The number of nitrogens with two attached hydrogens (primary N) is 1. The Labute approximate surface area is 119 Å². The second-order valence-corrected chi connectivity index (χ2v) is 6.12. The minimum Gasteiger partial charge on any atom is -0.271 e. The Balaban J connectivity index is 2.17. The van der Waals surface area contributed by atoms with E-state index in [-0.39, 0.29) is 12.5 Å². The van der Waals surface area contributed by atoms with Crippen LogP contribution in [-0.4, -0.2) is 12.2 Å². The van der Waals surface area contributed by atoms with E-state index in [0.717, 1.165) is 44.1 Å². The van der Waals surface area contributed by atoms with E-state index in [1.807, 2.05) is 0 Å². The zero-order valence-corrected chi connectivity index (χ0v) is 11.9. The van der Waals surface area contributed by atoms with Crippen molar-refractivity contribution in [2.75, 3.05) is 0 Å². The summed E-state index contributed by atoms with van der Waals surface area (Å²) in [6.07, 6.45) is 5.65. The van der Waals surface area contributed by atoms with E-state index in [1.165, 1.54) is 0 Å². The van der Waals surface area contributed by atoms with E-state index >= 15 is 0 Å². The number of hydrogen-bond donors (Lipinski definition) is 2. The van der Waals surface area contributed by atoms with Crippen LogP contribution in [0.15, 0.2) is 11.6 Å². The van der Waals surface area contributed by atoms with Crippen LogP contribution in [0.1, 0.15) is 57.8 Å². The Morgan fingerprint density at radius 3 is 2.55 bits per heavy atom. The van der Waals surface area contributed by atoms with Crippen molar-refractivity contribution in [1.29, 1.82) is 0 Å². The molecule has 0 amide bonds. The molecule has 5 heteroatoms. The van der Waals surface area contributed by atoms with Crippen LogP contribution in [0.3, 0.4) is 0 Å². The smallest absolute Gasteiger partial charge is 0.271 e. The molecule has 0 heterocycles. The molecule has 0 bridgehead atoms. The van der Waals surface area contributed by atoms with Gasteiger partial charge in [0.05, 0.1) is 5.92 Å². The quantitative estimate of drug-likeness (QED) is 0.467. The number of hydrogen-bond acceptors (Lipinski definition) is 2. The molecule has 2 nitrogen and oxygen atoms in total. The van der Waals surface area contributed by atoms with Gasteiger partial charge in [0.15, 0.2) is 0 Å². The average Bonchev–Trinajstić information content (AvgIpc) is 2.68. The molecule has 0 radical (unpaired) electrons. The van der Waals surface area contributed by atoms with Gasteiger partial charge in [-0.1, -0.05) is 30.9 Å². The summed E-state index contributed by atoms with van der Waals surface area (Å²) in [6.45, 7) is 0. The van der Waals surface area contributed by atoms with Crippen LogP contribution in [-0.2, 0) is 0 Å². The largest absolute Gasteiger partial charge is 0.392 e. The van der Waals surface area contributed by atoms with Gasteiger partial charge in [0, 0.05) is 6.04 Å². The fourth-order valence-corrected chi connectivity index (χ4v) is 3.79. The van der Waals surface area contributed by atoms with E-state index in [4.69, 9.17) is 5.84 Å². The number of halogens is 3. The first-order chi connectivity index (χ1) is 9.54. The van der Waals surface area contributed by atoms with Crippen molar-refractivity contribution in [1.82, 2.24) is 5.43 Å². The van der Waals surface area contributed by atoms with Gasteiger partial charge in [-0.2, -0.15) is 13.2 Å². The molecule has 0 spiro atoms. The van der Waals surface area contributed by atoms with Crippen molar-refractivity contribution in [2.45, 2.75) is 70.0 Å². The molecule has 116 valence electrons. The second kappa shape index (κ2) is 6.94. The Hall–Kier alpha value is -0.550. The summed E-state index contributed by atoms with van der Waals surface area (Å²) in [5.74, 6) is 4.02. The maximum absolute atomic E-state index is 13.2. The van der Waals surface area contributed by atoms with Gasteiger partial charge in [-0.15, -0.1) is 0 Å². The summed E-state index contributed by atoms with van der Waals surface area (Å²) in [4.78, 5) is 0. The van der Waals surface area contributed by atoms with Crippen molar-refractivity contribution in [3.05, 3.63) is 11.6 Å². The predicted octanol–water partition coefficient (Wildman–Crippen LogP) is 4.08. The number of alkyl halides is 3. The van der Waals surface area contributed by atoms with E-state index in [1.54, 1.807) is 0 Å². The Morgan fingerprint density at radius 2 is 1.85 bits per heavy atom. The normalized spacial score (nSPS) is 30.5. The maximum Gasteiger partial charge on any atom is 0.392 e. The van der Waals surface area contributed by atoms with Crippen molar-refractivity contribution in [3.63, 3.8) is 0 Å². The van der Waals surface area contributed by atoms with Gasteiger partial charge >= 0.3 is 6.18 Å². The molecular weight excluding hydrogens is 265 g/mol. The first kappa shape index (κ1) is 15.8. The Morgan fingerprint density at radius 1 is 1.10 bits per heavy atom. The van der Waals surface area contributed by atoms with Gasteiger partial charge in [-0.25, -0.2) is 0 Å². The zero-order valence-electron chi connectivity index (χ0n) is 11.9. The zero-order chi connectivity index (χ0) is 14.6. The van der Waals surface area contributed by atoms with E-state index < -0.39 is 18.0 Å². The number of hydrazine groups is 1. The lowest BCUT2D eigenvalue weighted by Crippen LogP contribution is -2.49. The van der Waals surface area contributed by atoms with Crippen LogP contribution in [0.5, 0.6) is 0 Å². The molecule has 3 atom stereocenters. The molecule has 2 rings (SSSR count). The van der Waals surface area contributed by atoms with Crippen molar-refractivity contribution in [2.24, 2.45) is 17.7 Å².